The first-order valence-electron chi connectivity index (χ1n) is 12.4. The van der Waals surface area contributed by atoms with Crippen molar-refractivity contribution in [1.82, 2.24) is 5.32 Å². The van der Waals surface area contributed by atoms with E-state index >= 15 is 8.78 Å². The van der Waals surface area contributed by atoms with Gasteiger partial charge in [-0.3, -0.25) is 4.79 Å². The number of halogens is 5. The van der Waals surface area contributed by atoms with E-state index in [9.17, 15) is 14.7 Å². The lowest BCUT2D eigenvalue weighted by Gasteiger charge is -2.40. The number of anilines is 1. The van der Waals surface area contributed by atoms with E-state index in [1.54, 1.807) is 0 Å². The molecule has 40 heavy (non-hydrogen) atoms. The molecular weight excluding hydrogens is 583 g/mol. The topological polar surface area (TPSA) is 104 Å². The highest BCUT2D eigenvalue weighted by Crippen LogP contribution is 2.50. The van der Waals surface area contributed by atoms with Crippen LogP contribution in [0.1, 0.15) is 54.6 Å². The number of hydrogen-bond donors (Lipinski definition) is 4. The average molecular weight is 611 g/mol. The van der Waals surface area contributed by atoms with Crippen molar-refractivity contribution in [1.29, 1.82) is 0 Å². The van der Waals surface area contributed by atoms with Crippen LogP contribution in [0.25, 0.3) is 0 Å². The van der Waals surface area contributed by atoms with Crippen LogP contribution in [0, 0.1) is 17.0 Å². The van der Waals surface area contributed by atoms with E-state index in [1.807, 2.05) is 20.8 Å². The smallest absolute Gasteiger partial charge is 0.335 e. The molecule has 0 saturated carbocycles. The summed E-state index contributed by atoms with van der Waals surface area (Å²) in [6.45, 7) is 5.92. The summed E-state index contributed by atoms with van der Waals surface area (Å²) in [5.41, 5.74) is 5.36. The molecular formula is C29H28Cl3F2N3O3. The van der Waals surface area contributed by atoms with Gasteiger partial charge in [0.05, 0.1) is 32.9 Å². The van der Waals surface area contributed by atoms with Gasteiger partial charge < -0.3 is 21.5 Å². The summed E-state index contributed by atoms with van der Waals surface area (Å²) < 4.78 is 31.2. The lowest BCUT2D eigenvalue weighted by molar-refractivity contribution is -0.118. The fourth-order valence-corrected chi connectivity index (χ4v) is 5.93. The summed E-state index contributed by atoms with van der Waals surface area (Å²) in [4.78, 5) is 25.2. The molecule has 212 valence electrons. The lowest BCUT2D eigenvalue weighted by atomic mass is 9.68. The van der Waals surface area contributed by atoms with Crippen molar-refractivity contribution in [3.05, 3.63) is 98.0 Å². The van der Waals surface area contributed by atoms with Crippen LogP contribution in [0.15, 0.2) is 54.6 Å². The van der Waals surface area contributed by atoms with E-state index in [0.29, 0.717) is 6.42 Å². The number of aromatic carboxylic acids is 1. The third-order valence-electron chi connectivity index (χ3n) is 7.09. The molecule has 0 spiro atoms. The summed E-state index contributed by atoms with van der Waals surface area (Å²) in [5, 5.41) is 15.2. The minimum absolute atomic E-state index is 0.00858. The average Bonchev–Trinajstić information content (AvgIpc) is 3.13. The number of carboxylic acid groups (broad SMARTS) is 1. The summed E-state index contributed by atoms with van der Waals surface area (Å²) >= 11 is 18.5. The normalized spacial score (nSPS) is 22.8. The molecule has 0 radical (unpaired) electrons. The summed E-state index contributed by atoms with van der Waals surface area (Å²) in [6.07, 6.45) is 0.391. The zero-order valence-corrected chi connectivity index (χ0v) is 24.1. The van der Waals surface area contributed by atoms with E-state index in [-0.39, 0.29) is 42.9 Å². The summed E-state index contributed by atoms with van der Waals surface area (Å²) in [6, 6.07) is 10.4. The van der Waals surface area contributed by atoms with E-state index in [0.717, 1.165) is 6.07 Å². The molecule has 11 heteroatoms. The predicted molar refractivity (Wildman–Crippen MR) is 153 cm³/mol. The third-order valence-corrected chi connectivity index (χ3v) is 7.93. The van der Waals surface area contributed by atoms with Gasteiger partial charge in [0.1, 0.15) is 11.6 Å². The zero-order valence-electron chi connectivity index (χ0n) is 21.9. The number of nitrogens with one attached hydrogen (secondary N) is 2. The Labute approximate surface area is 245 Å². The first-order chi connectivity index (χ1) is 18.6. The van der Waals surface area contributed by atoms with Gasteiger partial charge in [-0.2, -0.15) is 0 Å². The van der Waals surface area contributed by atoms with Gasteiger partial charge >= 0.3 is 5.97 Å². The van der Waals surface area contributed by atoms with Crippen LogP contribution < -0.4 is 16.4 Å². The zero-order chi connectivity index (χ0) is 29.6. The highest BCUT2D eigenvalue weighted by Gasteiger charge is 2.58. The Kier molecular flexibility index (Phi) is 8.50. The molecule has 0 unspecified atom stereocenters. The quantitative estimate of drug-likeness (QED) is 0.241. The molecule has 1 aliphatic heterocycles. The molecule has 3 aromatic rings. The fraction of sp³-hybridized carbons (Fsp3) is 0.310. The molecule has 1 aliphatic rings. The van der Waals surface area contributed by atoms with Crippen LogP contribution in [0.4, 0.5) is 14.5 Å². The van der Waals surface area contributed by atoms with Gasteiger partial charge in [0.2, 0.25) is 5.91 Å². The number of amides is 1. The Balaban J connectivity index is 1.89. The van der Waals surface area contributed by atoms with Crippen molar-refractivity contribution in [2.24, 2.45) is 11.1 Å². The molecule has 0 aliphatic carbocycles. The van der Waals surface area contributed by atoms with Crippen LogP contribution in [0.5, 0.6) is 0 Å². The van der Waals surface area contributed by atoms with Gasteiger partial charge in [0.25, 0.3) is 0 Å². The van der Waals surface area contributed by atoms with Gasteiger partial charge in [0.15, 0.2) is 0 Å². The Morgan fingerprint density at radius 2 is 1.75 bits per heavy atom. The monoisotopic (exact) mass is 609 g/mol. The van der Waals surface area contributed by atoms with Gasteiger partial charge in [-0.15, -0.1) is 0 Å². The van der Waals surface area contributed by atoms with Crippen molar-refractivity contribution < 1.29 is 23.5 Å². The van der Waals surface area contributed by atoms with Crippen molar-refractivity contribution in [2.75, 3.05) is 5.32 Å². The molecule has 3 aromatic carbocycles. The van der Waals surface area contributed by atoms with E-state index in [1.165, 1.54) is 48.5 Å². The van der Waals surface area contributed by atoms with Crippen LogP contribution >= 0.6 is 34.8 Å². The van der Waals surface area contributed by atoms with Gasteiger partial charge in [-0.25, -0.2) is 13.6 Å². The maximum atomic E-state index is 15.7. The van der Waals surface area contributed by atoms with Crippen LogP contribution in [0.2, 0.25) is 15.1 Å². The summed E-state index contributed by atoms with van der Waals surface area (Å²) in [5.74, 6) is -4.42. The van der Waals surface area contributed by atoms with Crippen molar-refractivity contribution >= 4 is 52.4 Å². The number of carbonyl (C=O) groups is 2. The fourth-order valence-electron chi connectivity index (χ4n) is 5.36. The van der Waals surface area contributed by atoms with Crippen molar-refractivity contribution in [3.63, 3.8) is 0 Å². The molecule has 0 bridgehead atoms. The van der Waals surface area contributed by atoms with Crippen LogP contribution in [0.3, 0.4) is 0 Å². The molecule has 4 atom stereocenters. The van der Waals surface area contributed by atoms with E-state index in [4.69, 9.17) is 40.5 Å². The third kappa shape index (κ3) is 5.83. The number of carboxylic acids is 1. The lowest BCUT2D eigenvalue weighted by Crippen LogP contribution is -2.52. The first kappa shape index (κ1) is 30.2. The Morgan fingerprint density at radius 3 is 2.35 bits per heavy atom. The number of carbonyl (C=O) groups excluding carboxylic acids is 1. The number of nitrogens with two attached hydrogens (primary N) is 1. The number of rotatable bonds is 6. The van der Waals surface area contributed by atoms with E-state index < -0.39 is 47.1 Å². The Morgan fingerprint density at radius 1 is 1.05 bits per heavy atom. The largest absolute Gasteiger partial charge is 0.478 e. The first-order valence-corrected chi connectivity index (χ1v) is 13.5. The Bertz CT molecular complexity index is 1480. The van der Waals surface area contributed by atoms with Crippen molar-refractivity contribution in [3.8, 4) is 0 Å². The Hall–Kier alpha value is -2.75. The molecule has 1 amide bonds. The second-order valence-corrected chi connectivity index (χ2v) is 12.4. The maximum absolute atomic E-state index is 15.7. The molecule has 4 rings (SSSR count). The number of hydrogen-bond acceptors (Lipinski definition) is 4. The standard InChI is InChI=1S/C29H28Cl3F2N3O3/c1-28(2,3)13-22-29(35,17-9-8-15(30)12-20(17)33)23(16-5-4-6-18(31)24(16)34)25(37-22)26(38)36-21-10-7-14(27(39)40)11-19(21)32/h4-12,22-23,25,37H,13,35H2,1-3H3,(H,36,38)(H,39,40)/t22-,23-,25+,29+/m0/s1. The maximum Gasteiger partial charge on any atom is 0.335 e. The molecule has 1 heterocycles. The minimum atomic E-state index is -1.63. The molecule has 1 fully saturated rings. The number of benzene rings is 3. The van der Waals surface area contributed by atoms with Gasteiger partial charge in [-0.05, 0) is 53.8 Å². The van der Waals surface area contributed by atoms with Gasteiger partial charge in [0, 0.05) is 22.5 Å². The highest BCUT2D eigenvalue weighted by molar-refractivity contribution is 6.34. The van der Waals surface area contributed by atoms with E-state index in [2.05, 4.69) is 10.6 Å². The minimum Gasteiger partial charge on any atom is -0.478 e. The second-order valence-electron chi connectivity index (χ2n) is 11.1. The summed E-state index contributed by atoms with van der Waals surface area (Å²) in [7, 11) is 0. The molecule has 1 saturated heterocycles. The molecule has 5 N–H and O–H groups in total. The van der Waals surface area contributed by atoms with Crippen molar-refractivity contribution in [2.45, 2.75) is 50.7 Å². The molecule has 6 nitrogen and oxygen atoms in total. The molecule has 0 aromatic heterocycles. The van der Waals surface area contributed by atoms with Crippen LogP contribution in [-0.4, -0.2) is 29.1 Å². The second kappa shape index (κ2) is 11.3. The van der Waals surface area contributed by atoms with Crippen LogP contribution in [-0.2, 0) is 10.3 Å². The predicted octanol–water partition coefficient (Wildman–Crippen LogP) is 6.98. The SMILES string of the molecule is CC(C)(C)C[C@@H]1N[C@@H](C(=O)Nc2ccc(C(=O)O)cc2Cl)[C@H](c2cccc(Cl)c2F)[C@@]1(N)c1ccc(Cl)cc1F. The van der Waals surface area contributed by atoms with Gasteiger partial charge in [-0.1, -0.05) is 73.8 Å². The highest BCUT2D eigenvalue weighted by atomic mass is 35.5.